The Kier molecular flexibility index (Phi) is 23.1. The first-order chi connectivity index (χ1) is 11.4. The smallest absolute Gasteiger partial charge is 0.381 e. The third-order valence-corrected chi connectivity index (χ3v) is 3.78. The van der Waals surface area contributed by atoms with Crippen molar-refractivity contribution in [3.05, 3.63) is 0 Å². The van der Waals surface area contributed by atoms with Crippen LogP contribution in [-0.4, -0.2) is 27.9 Å². The van der Waals surface area contributed by atoms with Gasteiger partial charge in [-0.1, -0.05) is 90.9 Å². The van der Waals surface area contributed by atoms with Gasteiger partial charge in [0.15, 0.2) is 0 Å². The number of hydrogen-bond acceptors (Lipinski definition) is 2. The molecule has 0 aliphatic rings. The second-order valence-electron chi connectivity index (χ2n) is 6.37. The van der Waals surface area contributed by atoms with E-state index in [1.54, 1.807) is 0 Å². The normalized spacial score (nSPS) is 11.2. The molecule has 24 heavy (non-hydrogen) atoms. The minimum absolute atomic E-state index is 0.989. The van der Waals surface area contributed by atoms with Gasteiger partial charge in [0.1, 0.15) is 0 Å². The number of rotatable bonds is 16. The predicted molar refractivity (Wildman–Crippen MR) is 101 cm³/mol. The average Bonchev–Trinajstić information content (AvgIpc) is 2.49. The molecule has 5 nitrogen and oxygen atoms in total. The summed E-state index contributed by atoms with van der Waals surface area (Å²) in [5.41, 5.74) is 0. The van der Waals surface area contributed by atoms with Gasteiger partial charge in [-0.2, -0.15) is 0 Å². The summed E-state index contributed by atoms with van der Waals surface area (Å²) in [6, 6.07) is 0. The minimum Gasteiger partial charge on any atom is -0.381 e. The van der Waals surface area contributed by atoms with Crippen LogP contribution in [0.15, 0.2) is 0 Å². The third kappa shape index (κ3) is 37.9. The van der Waals surface area contributed by atoms with Crippen LogP contribution in [0.5, 0.6) is 0 Å². The molecule has 148 valence electrons. The predicted octanol–water partition coefficient (Wildman–Crippen LogP) is 5.58. The Morgan fingerprint density at radius 1 is 0.583 bits per heavy atom. The molecule has 0 aromatic rings. The van der Waals surface area contributed by atoms with E-state index in [9.17, 15) is 0 Å². The maximum Gasteiger partial charge on any atom is 0.466 e. The van der Waals surface area contributed by atoms with Gasteiger partial charge >= 0.3 is 7.82 Å². The van der Waals surface area contributed by atoms with Crippen LogP contribution in [0, 0.1) is 0 Å². The molecule has 0 aromatic carbocycles. The van der Waals surface area contributed by atoms with Crippen molar-refractivity contribution in [2.24, 2.45) is 0 Å². The van der Waals surface area contributed by atoms with Crippen LogP contribution in [0.2, 0.25) is 0 Å². The van der Waals surface area contributed by atoms with Crippen LogP contribution >= 0.6 is 7.82 Å². The second kappa shape index (κ2) is 21.1. The van der Waals surface area contributed by atoms with Gasteiger partial charge in [-0.15, -0.1) is 0 Å². The third-order valence-electron chi connectivity index (χ3n) is 3.78. The lowest BCUT2D eigenvalue weighted by atomic mass is 10.1. The Labute approximate surface area is 149 Å². The van der Waals surface area contributed by atoms with Gasteiger partial charge in [0.2, 0.25) is 0 Å². The highest BCUT2D eigenvalue weighted by Gasteiger charge is 2.00. The fraction of sp³-hybridized carbons (Fsp3) is 1.00. The lowest BCUT2D eigenvalue weighted by Crippen LogP contribution is -1.97. The SMILES string of the molecule is CCCCCCCCCCOCCCCCCCC.O=P(O)(O)O. The Balaban J connectivity index is 0. The lowest BCUT2D eigenvalue weighted by molar-refractivity contribution is 0.125. The first-order valence-corrected chi connectivity index (χ1v) is 11.3. The molecule has 0 aromatic heterocycles. The Morgan fingerprint density at radius 3 is 1.12 bits per heavy atom. The molecule has 0 unspecified atom stereocenters. The van der Waals surface area contributed by atoms with E-state index in [0.29, 0.717) is 0 Å². The average molecular weight is 368 g/mol. The van der Waals surface area contributed by atoms with E-state index in [4.69, 9.17) is 24.0 Å². The van der Waals surface area contributed by atoms with Gasteiger partial charge in [-0.25, -0.2) is 4.57 Å². The molecule has 6 heteroatoms. The quantitative estimate of drug-likeness (QED) is 0.245. The first kappa shape index (κ1) is 26.3. The Hall–Kier alpha value is 0.0700. The molecular formula is C18H41O5P. The molecular weight excluding hydrogens is 327 g/mol. The summed E-state index contributed by atoms with van der Waals surface area (Å²) in [5.74, 6) is 0. The topological polar surface area (TPSA) is 87.0 Å². The first-order valence-electron chi connectivity index (χ1n) is 9.77. The minimum atomic E-state index is -4.64. The zero-order valence-corrected chi connectivity index (χ0v) is 16.8. The Morgan fingerprint density at radius 2 is 0.833 bits per heavy atom. The molecule has 0 bridgehead atoms. The molecule has 0 rings (SSSR count). The van der Waals surface area contributed by atoms with Gasteiger partial charge in [-0.05, 0) is 12.8 Å². The second-order valence-corrected chi connectivity index (χ2v) is 7.39. The molecule has 0 fully saturated rings. The molecule has 0 amide bonds. The van der Waals surface area contributed by atoms with Gasteiger partial charge in [0.05, 0.1) is 0 Å². The maximum absolute atomic E-state index is 8.88. The zero-order chi connectivity index (χ0) is 18.5. The number of hydrogen-bond donors (Lipinski definition) is 3. The van der Waals surface area contributed by atoms with E-state index in [1.165, 1.54) is 89.9 Å². The van der Waals surface area contributed by atoms with Gasteiger partial charge in [0.25, 0.3) is 0 Å². The van der Waals surface area contributed by atoms with Crippen molar-refractivity contribution in [2.45, 2.75) is 104 Å². The van der Waals surface area contributed by atoms with E-state index >= 15 is 0 Å². The van der Waals surface area contributed by atoms with Crippen LogP contribution < -0.4 is 0 Å². The number of ether oxygens (including phenoxy) is 1. The van der Waals surface area contributed by atoms with E-state index in [2.05, 4.69) is 13.8 Å². The fourth-order valence-electron chi connectivity index (χ4n) is 2.42. The molecule has 0 saturated heterocycles. The summed E-state index contributed by atoms with van der Waals surface area (Å²) in [7, 11) is -4.64. The van der Waals surface area contributed by atoms with Crippen molar-refractivity contribution in [3.63, 3.8) is 0 Å². The molecule has 0 aliphatic heterocycles. The van der Waals surface area contributed by atoms with Crippen molar-refractivity contribution < 1.29 is 24.0 Å². The standard InChI is InChI=1S/C18H38O.H3O4P/c1-3-5-7-9-11-12-14-16-18-19-17-15-13-10-8-6-4-2;1-5(2,3)4/h3-18H2,1-2H3;(H3,1,2,3,4). The summed E-state index contributed by atoms with van der Waals surface area (Å²) >= 11 is 0. The lowest BCUT2D eigenvalue weighted by Gasteiger charge is -2.04. The van der Waals surface area contributed by atoms with Crippen LogP contribution in [0.1, 0.15) is 104 Å². The fourth-order valence-corrected chi connectivity index (χ4v) is 2.42. The Bertz CT molecular complexity index is 244. The van der Waals surface area contributed by atoms with Gasteiger partial charge < -0.3 is 19.4 Å². The monoisotopic (exact) mass is 368 g/mol. The van der Waals surface area contributed by atoms with Crippen molar-refractivity contribution in [1.29, 1.82) is 0 Å². The van der Waals surface area contributed by atoms with Crippen molar-refractivity contribution in [1.82, 2.24) is 0 Å². The molecule has 0 heterocycles. The number of phosphoric acid groups is 1. The van der Waals surface area contributed by atoms with Crippen LogP contribution in [0.3, 0.4) is 0 Å². The van der Waals surface area contributed by atoms with E-state index < -0.39 is 7.82 Å². The van der Waals surface area contributed by atoms with E-state index in [1.807, 2.05) is 0 Å². The van der Waals surface area contributed by atoms with Crippen molar-refractivity contribution in [3.8, 4) is 0 Å². The summed E-state index contributed by atoms with van der Waals surface area (Å²) in [4.78, 5) is 21.6. The van der Waals surface area contributed by atoms with Crippen LogP contribution in [-0.2, 0) is 9.30 Å². The van der Waals surface area contributed by atoms with Gasteiger partial charge in [0, 0.05) is 13.2 Å². The van der Waals surface area contributed by atoms with Crippen molar-refractivity contribution >= 4 is 7.82 Å². The largest absolute Gasteiger partial charge is 0.466 e. The summed E-state index contributed by atoms with van der Waals surface area (Å²) in [6.45, 7) is 6.53. The van der Waals surface area contributed by atoms with E-state index in [0.717, 1.165) is 13.2 Å². The highest BCUT2D eigenvalue weighted by atomic mass is 31.2. The molecule has 0 spiro atoms. The maximum atomic E-state index is 8.88. The highest BCUT2D eigenvalue weighted by molar-refractivity contribution is 7.45. The van der Waals surface area contributed by atoms with Gasteiger partial charge in [-0.3, -0.25) is 0 Å². The summed E-state index contributed by atoms with van der Waals surface area (Å²) in [5, 5.41) is 0. The number of unbranched alkanes of at least 4 members (excludes halogenated alkanes) is 12. The molecule has 3 N–H and O–H groups in total. The molecule has 0 radical (unpaired) electrons. The van der Waals surface area contributed by atoms with Crippen molar-refractivity contribution in [2.75, 3.05) is 13.2 Å². The summed E-state index contributed by atoms with van der Waals surface area (Å²) in [6.07, 6.45) is 19.3. The van der Waals surface area contributed by atoms with Crippen LogP contribution in [0.25, 0.3) is 0 Å². The van der Waals surface area contributed by atoms with Crippen LogP contribution in [0.4, 0.5) is 0 Å². The highest BCUT2D eigenvalue weighted by Crippen LogP contribution is 2.25. The summed E-state index contributed by atoms with van der Waals surface area (Å²) < 4.78 is 14.6. The molecule has 0 saturated carbocycles. The zero-order valence-electron chi connectivity index (χ0n) is 15.9. The molecule has 0 aliphatic carbocycles. The van der Waals surface area contributed by atoms with E-state index in [-0.39, 0.29) is 0 Å². The molecule has 0 atom stereocenters.